The van der Waals surface area contributed by atoms with Gasteiger partial charge in [0, 0.05) is 9.75 Å². The van der Waals surface area contributed by atoms with Crippen molar-refractivity contribution < 1.29 is 12.4 Å². The summed E-state index contributed by atoms with van der Waals surface area (Å²) >= 11 is 2.01. The van der Waals surface area contributed by atoms with Crippen molar-refractivity contribution in [1.29, 1.82) is 0 Å². The lowest BCUT2D eigenvalue weighted by atomic mass is 10.3. The molecule has 0 atom stereocenters. The van der Waals surface area contributed by atoms with Gasteiger partial charge < -0.3 is 12.4 Å². The second-order valence-corrected chi connectivity index (χ2v) is 19.5. The topological polar surface area (TPSA) is 0 Å². The van der Waals surface area contributed by atoms with Crippen LogP contribution in [0, 0.1) is 0 Å². The van der Waals surface area contributed by atoms with Gasteiger partial charge in [-0.1, -0.05) is 109 Å². The third-order valence-corrected chi connectivity index (χ3v) is 18.9. The number of thiophene rings is 1. The fourth-order valence-electron chi connectivity index (χ4n) is 6.60. The molecule has 0 unspecified atom stereocenters. The Hall–Kier alpha value is -3.83. The number of rotatable bonds is 10. The Morgan fingerprint density at radius 3 is 0.674 bits per heavy atom. The zero-order valence-corrected chi connectivity index (χ0v) is 28.9. The molecular formula is C42H36ClP2S+. The number of hydrogen-bond donors (Lipinski definition) is 0. The summed E-state index contributed by atoms with van der Waals surface area (Å²) in [6, 6.07) is 72.2. The summed E-state index contributed by atoms with van der Waals surface area (Å²) in [7, 11) is -3.94. The van der Waals surface area contributed by atoms with Crippen molar-refractivity contribution in [2.75, 3.05) is 0 Å². The predicted octanol–water partition coefficient (Wildman–Crippen LogP) is 5.74. The molecule has 0 spiro atoms. The normalized spacial score (nSPS) is 11.5. The highest BCUT2D eigenvalue weighted by Crippen LogP contribution is 2.61. The summed E-state index contributed by atoms with van der Waals surface area (Å²) in [5.41, 5.74) is 0. The van der Waals surface area contributed by atoms with E-state index in [1.165, 1.54) is 41.6 Å². The molecule has 1 aromatic heterocycles. The maximum atomic E-state index is 2.42. The summed E-state index contributed by atoms with van der Waals surface area (Å²) < 4.78 is 0. The quantitative estimate of drug-likeness (QED) is 0.163. The highest BCUT2D eigenvalue weighted by Gasteiger charge is 2.48. The van der Waals surface area contributed by atoms with Gasteiger partial charge in [0.2, 0.25) is 0 Å². The van der Waals surface area contributed by atoms with E-state index in [9.17, 15) is 0 Å². The maximum Gasteiger partial charge on any atom is 0.117 e. The lowest BCUT2D eigenvalue weighted by Gasteiger charge is -2.28. The Kier molecular flexibility index (Phi) is 10.3. The highest BCUT2D eigenvalue weighted by molar-refractivity contribution is 7.95. The molecule has 0 fully saturated rings. The van der Waals surface area contributed by atoms with Gasteiger partial charge in [-0.15, -0.1) is 11.3 Å². The molecule has 226 valence electrons. The number of hydrogen-bond acceptors (Lipinski definition) is 1. The second kappa shape index (κ2) is 14.7. The van der Waals surface area contributed by atoms with Crippen LogP contribution in [0.15, 0.2) is 194 Å². The molecule has 0 nitrogen and oxygen atoms in total. The Morgan fingerprint density at radius 1 is 0.283 bits per heavy atom. The van der Waals surface area contributed by atoms with E-state index in [-0.39, 0.29) is 12.4 Å². The third-order valence-electron chi connectivity index (χ3n) is 8.69. The van der Waals surface area contributed by atoms with Gasteiger partial charge in [-0.05, 0) is 84.9 Å². The van der Waals surface area contributed by atoms with E-state index in [2.05, 4.69) is 194 Å². The first kappa shape index (κ1) is 32.1. The van der Waals surface area contributed by atoms with Crippen molar-refractivity contribution in [3.8, 4) is 0 Å². The second-order valence-electron chi connectivity index (χ2n) is 11.3. The van der Waals surface area contributed by atoms with Crippen molar-refractivity contribution in [3.63, 3.8) is 0 Å². The molecule has 0 aliphatic heterocycles. The van der Waals surface area contributed by atoms with Crippen LogP contribution in [0.3, 0.4) is 0 Å². The first-order valence-corrected chi connectivity index (χ1v) is 20.2. The van der Waals surface area contributed by atoms with Crippen LogP contribution in [0.1, 0.15) is 9.75 Å². The van der Waals surface area contributed by atoms with Gasteiger partial charge in [-0.3, -0.25) is 0 Å². The molecule has 0 saturated heterocycles. The summed E-state index contributed by atoms with van der Waals surface area (Å²) in [4.78, 5) is 2.89. The lowest BCUT2D eigenvalue weighted by Crippen LogP contribution is -3.00. The van der Waals surface area contributed by atoms with E-state index in [4.69, 9.17) is 0 Å². The molecule has 7 rings (SSSR count). The van der Waals surface area contributed by atoms with E-state index in [0.717, 1.165) is 12.3 Å². The minimum absolute atomic E-state index is 0. The van der Waals surface area contributed by atoms with Crippen LogP contribution in [0.5, 0.6) is 0 Å². The minimum atomic E-state index is -1.97. The molecule has 7 aromatic rings. The van der Waals surface area contributed by atoms with Crippen LogP contribution in [-0.4, -0.2) is 0 Å². The molecular weight excluding hydrogens is 634 g/mol. The molecule has 0 saturated carbocycles. The first-order chi connectivity index (χ1) is 22.3. The molecule has 4 heteroatoms. The van der Waals surface area contributed by atoms with Crippen LogP contribution < -0.4 is 44.2 Å². The average Bonchev–Trinajstić information content (AvgIpc) is 3.58. The van der Waals surface area contributed by atoms with E-state index in [1.54, 1.807) is 0 Å². The minimum Gasteiger partial charge on any atom is -1.00 e. The zero-order chi connectivity index (χ0) is 30.4. The van der Waals surface area contributed by atoms with E-state index in [1.807, 2.05) is 11.3 Å². The summed E-state index contributed by atoms with van der Waals surface area (Å²) in [6.45, 7) is 0. The number of benzene rings is 6. The van der Waals surface area contributed by atoms with Crippen LogP contribution in [0.4, 0.5) is 0 Å². The summed E-state index contributed by atoms with van der Waals surface area (Å²) in [5, 5.41) is 8.57. The molecule has 0 bridgehead atoms. The fourth-order valence-corrected chi connectivity index (χ4v) is 17.0. The Bertz CT molecular complexity index is 1590. The highest BCUT2D eigenvalue weighted by atomic mass is 35.5. The Morgan fingerprint density at radius 2 is 0.478 bits per heavy atom. The van der Waals surface area contributed by atoms with Gasteiger partial charge in [0.25, 0.3) is 0 Å². The van der Waals surface area contributed by atoms with Gasteiger partial charge in [-0.25, -0.2) is 0 Å². The van der Waals surface area contributed by atoms with E-state index < -0.39 is 14.5 Å². The van der Waals surface area contributed by atoms with Gasteiger partial charge >= 0.3 is 0 Å². The van der Waals surface area contributed by atoms with Crippen molar-refractivity contribution >= 4 is 57.7 Å². The molecule has 46 heavy (non-hydrogen) atoms. The zero-order valence-electron chi connectivity index (χ0n) is 25.6. The van der Waals surface area contributed by atoms with E-state index >= 15 is 0 Å². The van der Waals surface area contributed by atoms with Crippen molar-refractivity contribution in [2.45, 2.75) is 12.3 Å². The van der Waals surface area contributed by atoms with Gasteiger partial charge in [-0.2, -0.15) is 0 Å². The monoisotopic (exact) mass is 669 g/mol. The standard InChI is InChI=1S/C42H36P2S.ClH/c1-7-19-35(20-8-1)43(36-21-9-2-10-22-36,37-23-11-3-12-24-37)33-41-31-32-42(45-41)34-44(38-25-13-4-14-26-38,39-27-15-5-16-28-39)40-29-17-6-18-30-40;/h1-32H,33-34H2;1H/q+2;/p-1. The van der Waals surface area contributed by atoms with Crippen molar-refractivity contribution in [3.05, 3.63) is 204 Å². The average molecular weight is 670 g/mol. The first-order valence-electron chi connectivity index (χ1n) is 15.5. The summed E-state index contributed by atoms with van der Waals surface area (Å²) in [6.07, 6.45) is 2.01. The number of halogens is 1. The molecule has 0 aliphatic rings. The molecule has 6 aromatic carbocycles. The Labute approximate surface area is 284 Å². The third kappa shape index (κ3) is 6.27. The summed E-state index contributed by atoms with van der Waals surface area (Å²) in [5.74, 6) is 0. The smallest absolute Gasteiger partial charge is 0.117 e. The lowest BCUT2D eigenvalue weighted by molar-refractivity contribution is -0.00000852. The molecule has 0 N–H and O–H groups in total. The molecule has 1 heterocycles. The van der Waals surface area contributed by atoms with Crippen LogP contribution >= 0.6 is 25.9 Å². The van der Waals surface area contributed by atoms with Crippen LogP contribution in [0.2, 0.25) is 0 Å². The maximum absolute atomic E-state index is 2.42. The Balaban J connectivity index is 0.00000372. The van der Waals surface area contributed by atoms with Crippen LogP contribution in [0.25, 0.3) is 0 Å². The van der Waals surface area contributed by atoms with Crippen molar-refractivity contribution in [2.24, 2.45) is 0 Å². The predicted molar refractivity (Wildman–Crippen MR) is 202 cm³/mol. The van der Waals surface area contributed by atoms with E-state index in [0.29, 0.717) is 0 Å². The van der Waals surface area contributed by atoms with Gasteiger partial charge in [0.15, 0.2) is 0 Å². The SMILES string of the molecule is [Cl-].c1ccc([P+](Cc2ccc(C[P+](c3ccccc3)(c3ccccc3)c3ccccc3)s2)(c2ccccc2)c2ccccc2)cc1. The van der Waals surface area contributed by atoms with Gasteiger partial charge in [0.1, 0.15) is 58.7 Å². The van der Waals surface area contributed by atoms with Crippen LogP contribution in [-0.2, 0) is 12.3 Å². The molecule has 0 radical (unpaired) electrons. The largest absolute Gasteiger partial charge is 1.00 e. The van der Waals surface area contributed by atoms with Gasteiger partial charge in [0.05, 0.1) is 0 Å². The van der Waals surface area contributed by atoms with Crippen molar-refractivity contribution in [1.82, 2.24) is 0 Å². The molecule has 0 amide bonds. The fraction of sp³-hybridized carbons (Fsp3) is 0.0476. The molecule has 0 aliphatic carbocycles.